The van der Waals surface area contributed by atoms with Gasteiger partial charge in [-0.2, -0.15) is 4.98 Å². The van der Waals surface area contributed by atoms with Gasteiger partial charge in [0.1, 0.15) is 5.82 Å². The maximum atomic E-state index is 14.1. The first kappa shape index (κ1) is 23.3. The largest absolute Gasteiger partial charge is 0.493 e. The zero-order valence-electron chi connectivity index (χ0n) is 18.8. The average Bonchev–Trinajstić information content (AvgIpc) is 3.31. The van der Waals surface area contributed by atoms with Crippen molar-refractivity contribution >= 4 is 33.0 Å². The van der Waals surface area contributed by atoms with E-state index in [4.69, 9.17) is 14.2 Å². The number of thiophene rings is 1. The zero-order valence-corrected chi connectivity index (χ0v) is 19.6. The molecule has 0 aliphatic rings. The molecule has 2 aromatic heterocycles. The Morgan fingerprint density at radius 2 is 1.68 bits per heavy atom. The monoisotopic (exact) mass is 480 g/mol. The van der Waals surface area contributed by atoms with Crippen LogP contribution in [0.5, 0.6) is 17.4 Å². The standard InChI is InChI=1S/C25H21FN2O5S/c1-31-21-10-7-14(11-22(21)32-2)19(29)8-9-20(30)25-27-18(12-23(28-25)33-3)16-13-34-24-15(16)5-4-6-17(24)26/h4-7,10-13H,8-9H2,1-3H3. The number of carbonyl (C=O) groups is 2. The third kappa shape index (κ3) is 4.60. The summed E-state index contributed by atoms with van der Waals surface area (Å²) in [5.74, 6) is 0.129. The number of ether oxygens (including phenoxy) is 3. The zero-order chi connectivity index (χ0) is 24.2. The molecule has 174 valence electrons. The minimum Gasteiger partial charge on any atom is -0.493 e. The number of hydrogen-bond acceptors (Lipinski definition) is 8. The van der Waals surface area contributed by atoms with Gasteiger partial charge in [-0.1, -0.05) is 12.1 Å². The van der Waals surface area contributed by atoms with E-state index in [1.54, 1.807) is 41.8 Å². The van der Waals surface area contributed by atoms with E-state index >= 15 is 0 Å². The Morgan fingerprint density at radius 1 is 0.912 bits per heavy atom. The lowest BCUT2D eigenvalue weighted by Crippen LogP contribution is -2.10. The molecule has 0 N–H and O–H groups in total. The molecule has 4 rings (SSSR count). The SMILES string of the molecule is COc1cc(-c2csc3c(F)cccc23)nc(C(=O)CCC(=O)c2ccc(OC)c(OC)c2)n1. The molecule has 7 nitrogen and oxygen atoms in total. The fourth-order valence-corrected chi connectivity index (χ4v) is 4.47. The first-order chi connectivity index (χ1) is 16.4. The number of fused-ring (bicyclic) bond motifs is 1. The highest BCUT2D eigenvalue weighted by Crippen LogP contribution is 2.35. The molecule has 0 spiro atoms. The topological polar surface area (TPSA) is 87.6 Å². The predicted octanol–water partition coefficient (Wildman–Crippen LogP) is 5.37. The summed E-state index contributed by atoms with van der Waals surface area (Å²) >= 11 is 1.26. The van der Waals surface area contributed by atoms with Crippen LogP contribution in [-0.4, -0.2) is 42.9 Å². The second kappa shape index (κ2) is 9.96. The van der Waals surface area contributed by atoms with Gasteiger partial charge in [-0.25, -0.2) is 9.37 Å². The lowest BCUT2D eigenvalue weighted by molar-refractivity contribution is 0.0911. The van der Waals surface area contributed by atoms with Crippen molar-refractivity contribution < 1.29 is 28.2 Å². The van der Waals surface area contributed by atoms with Gasteiger partial charge in [0.25, 0.3) is 0 Å². The van der Waals surface area contributed by atoms with Crippen molar-refractivity contribution in [1.82, 2.24) is 9.97 Å². The molecule has 0 radical (unpaired) electrons. The summed E-state index contributed by atoms with van der Waals surface area (Å²) in [5, 5.41) is 2.47. The number of methoxy groups -OCH3 is 3. The molecular weight excluding hydrogens is 459 g/mol. The van der Waals surface area contributed by atoms with Crippen molar-refractivity contribution in [2.45, 2.75) is 12.8 Å². The number of Topliss-reactive ketones (excluding diaryl/α,β-unsaturated/α-hetero) is 2. The van der Waals surface area contributed by atoms with E-state index < -0.39 is 5.78 Å². The maximum Gasteiger partial charge on any atom is 0.217 e. The normalized spacial score (nSPS) is 10.8. The third-order valence-electron chi connectivity index (χ3n) is 5.27. The van der Waals surface area contributed by atoms with E-state index in [0.717, 1.165) is 0 Å². The van der Waals surface area contributed by atoms with Crippen molar-refractivity contribution in [2.24, 2.45) is 0 Å². The van der Waals surface area contributed by atoms with Gasteiger partial charge in [0, 0.05) is 40.8 Å². The predicted molar refractivity (Wildman–Crippen MR) is 127 cm³/mol. The molecule has 0 unspecified atom stereocenters. The van der Waals surface area contributed by atoms with Crippen LogP contribution in [-0.2, 0) is 0 Å². The number of halogens is 1. The molecule has 0 atom stereocenters. The van der Waals surface area contributed by atoms with Crippen LogP contribution in [0.4, 0.5) is 4.39 Å². The van der Waals surface area contributed by atoms with Crippen molar-refractivity contribution in [2.75, 3.05) is 21.3 Å². The van der Waals surface area contributed by atoms with Crippen molar-refractivity contribution in [3.63, 3.8) is 0 Å². The second-order valence-corrected chi connectivity index (χ2v) is 8.18. The second-order valence-electron chi connectivity index (χ2n) is 7.30. The lowest BCUT2D eigenvalue weighted by Gasteiger charge is -2.09. The van der Waals surface area contributed by atoms with Crippen molar-refractivity contribution in [3.05, 3.63) is 65.0 Å². The highest BCUT2D eigenvalue weighted by molar-refractivity contribution is 7.17. The molecule has 9 heteroatoms. The molecule has 0 aliphatic carbocycles. The molecule has 0 saturated heterocycles. The summed E-state index contributed by atoms with van der Waals surface area (Å²) in [5.41, 5.74) is 1.53. The average molecular weight is 481 g/mol. The Hall–Kier alpha value is -3.85. The van der Waals surface area contributed by atoms with Crippen LogP contribution < -0.4 is 14.2 Å². The van der Waals surface area contributed by atoms with E-state index in [1.807, 2.05) is 0 Å². The molecule has 2 aromatic carbocycles. The van der Waals surface area contributed by atoms with Crippen LogP contribution in [0.3, 0.4) is 0 Å². The fraction of sp³-hybridized carbons (Fsp3) is 0.200. The number of nitrogens with zero attached hydrogens (tertiary/aromatic N) is 2. The van der Waals surface area contributed by atoms with E-state index in [2.05, 4.69) is 9.97 Å². The van der Waals surface area contributed by atoms with Gasteiger partial charge in [-0.15, -0.1) is 11.3 Å². The Balaban J connectivity index is 1.57. The van der Waals surface area contributed by atoms with Gasteiger partial charge in [-0.3, -0.25) is 9.59 Å². The van der Waals surface area contributed by atoms with Gasteiger partial charge >= 0.3 is 0 Å². The summed E-state index contributed by atoms with van der Waals surface area (Å²) in [6, 6.07) is 11.2. The van der Waals surface area contributed by atoms with Gasteiger partial charge in [0.2, 0.25) is 11.7 Å². The summed E-state index contributed by atoms with van der Waals surface area (Å²) in [6.45, 7) is 0. The Morgan fingerprint density at radius 3 is 2.41 bits per heavy atom. The van der Waals surface area contributed by atoms with Crippen LogP contribution in [0.1, 0.15) is 33.8 Å². The van der Waals surface area contributed by atoms with Crippen LogP contribution in [0.25, 0.3) is 21.3 Å². The number of carbonyl (C=O) groups excluding carboxylic acids is 2. The number of aromatic nitrogens is 2. The minimum atomic E-state index is -0.403. The van der Waals surface area contributed by atoms with Gasteiger partial charge < -0.3 is 14.2 Å². The number of benzene rings is 2. The molecule has 0 amide bonds. The highest BCUT2D eigenvalue weighted by atomic mass is 32.1. The first-order valence-electron chi connectivity index (χ1n) is 10.3. The summed E-state index contributed by atoms with van der Waals surface area (Å²) in [6.07, 6.45) is -0.115. The van der Waals surface area contributed by atoms with Crippen molar-refractivity contribution in [3.8, 4) is 28.6 Å². The van der Waals surface area contributed by atoms with Crippen LogP contribution in [0.15, 0.2) is 47.8 Å². The molecule has 2 heterocycles. The van der Waals surface area contributed by atoms with Gasteiger partial charge in [0.15, 0.2) is 23.1 Å². The Labute approximate surface area is 199 Å². The van der Waals surface area contributed by atoms with Crippen molar-refractivity contribution in [1.29, 1.82) is 0 Å². The molecule has 0 fully saturated rings. The van der Waals surface area contributed by atoms with Crippen LogP contribution >= 0.6 is 11.3 Å². The molecule has 0 bridgehead atoms. The molecular formula is C25H21FN2O5S. The molecule has 0 aliphatic heterocycles. The molecule has 4 aromatic rings. The fourth-order valence-electron chi connectivity index (χ4n) is 3.51. The molecule has 0 saturated carbocycles. The highest BCUT2D eigenvalue weighted by Gasteiger charge is 2.19. The summed E-state index contributed by atoms with van der Waals surface area (Å²) < 4.78 is 30.3. The third-order valence-corrected chi connectivity index (χ3v) is 6.28. The van der Waals surface area contributed by atoms with Crippen LogP contribution in [0.2, 0.25) is 0 Å². The van der Waals surface area contributed by atoms with Gasteiger partial charge in [0.05, 0.1) is 31.7 Å². The molecule has 34 heavy (non-hydrogen) atoms. The minimum absolute atomic E-state index is 0.0309. The lowest BCUT2D eigenvalue weighted by atomic mass is 10.0. The van der Waals surface area contributed by atoms with E-state index in [0.29, 0.717) is 38.4 Å². The maximum absolute atomic E-state index is 14.1. The summed E-state index contributed by atoms with van der Waals surface area (Å²) in [4.78, 5) is 34.1. The van der Waals surface area contributed by atoms with Gasteiger partial charge in [-0.05, 0) is 24.3 Å². The smallest absolute Gasteiger partial charge is 0.217 e. The first-order valence-corrected chi connectivity index (χ1v) is 11.2. The quantitative estimate of drug-likeness (QED) is 0.298. The summed E-state index contributed by atoms with van der Waals surface area (Å²) in [7, 11) is 4.43. The number of rotatable bonds is 9. The Bertz CT molecular complexity index is 1390. The van der Waals surface area contributed by atoms with Crippen LogP contribution in [0, 0.1) is 5.82 Å². The van der Waals surface area contributed by atoms with E-state index in [1.165, 1.54) is 38.7 Å². The Kier molecular flexibility index (Phi) is 6.83. The number of hydrogen-bond donors (Lipinski definition) is 0. The number of ketones is 2. The van der Waals surface area contributed by atoms with E-state index in [-0.39, 0.29) is 36.1 Å². The van der Waals surface area contributed by atoms with E-state index in [9.17, 15) is 14.0 Å².